The van der Waals surface area contributed by atoms with Gasteiger partial charge in [-0.3, -0.25) is 4.40 Å². The summed E-state index contributed by atoms with van der Waals surface area (Å²) in [5.41, 5.74) is 10.8. The number of hydrogen-bond acceptors (Lipinski definition) is 6. The molecule has 0 spiro atoms. The fourth-order valence-electron chi connectivity index (χ4n) is 4.58. The number of imidazole rings is 1. The smallest absolute Gasteiger partial charge is 0.140 e. The minimum absolute atomic E-state index is 0.307. The SMILES string of the molecule is CN[C@@H]1CCCc2sc(-c3cnc(N)c4cc(-c5cnc6cc(F)ccn56)ccc34)nc21. The number of hydrogen-bond donors (Lipinski definition) is 2. The highest BCUT2D eigenvalue weighted by atomic mass is 32.1. The van der Waals surface area contributed by atoms with Gasteiger partial charge in [-0.05, 0) is 43.8 Å². The predicted octanol–water partition coefficient (Wildman–Crippen LogP) is 4.99. The second kappa shape index (κ2) is 7.36. The van der Waals surface area contributed by atoms with Crippen LogP contribution < -0.4 is 11.1 Å². The third kappa shape index (κ3) is 2.98. The molecule has 32 heavy (non-hydrogen) atoms. The molecule has 4 heterocycles. The van der Waals surface area contributed by atoms with Crippen LogP contribution in [0.2, 0.25) is 0 Å². The maximum atomic E-state index is 13.6. The molecule has 0 saturated carbocycles. The van der Waals surface area contributed by atoms with Crippen LogP contribution in [0.25, 0.3) is 38.2 Å². The maximum Gasteiger partial charge on any atom is 0.140 e. The van der Waals surface area contributed by atoms with E-state index in [0.29, 0.717) is 17.5 Å². The lowest BCUT2D eigenvalue weighted by molar-refractivity contribution is 0.490. The van der Waals surface area contributed by atoms with Gasteiger partial charge in [0.25, 0.3) is 0 Å². The molecule has 1 aliphatic rings. The summed E-state index contributed by atoms with van der Waals surface area (Å²) < 4.78 is 15.4. The number of aromatic nitrogens is 4. The van der Waals surface area contributed by atoms with Gasteiger partial charge in [0.2, 0.25) is 0 Å². The first-order chi connectivity index (χ1) is 15.6. The molecule has 6 rings (SSSR count). The molecular formula is C24H21FN6S. The number of nitrogens with two attached hydrogens (primary N) is 1. The Hall–Kier alpha value is -3.36. The van der Waals surface area contributed by atoms with Gasteiger partial charge in [0.05, 0.1) is 23.6 Å². The molecule has 4 aromatic heterocycles. The summed E-state index contributed by atoms with van der Waals surface area (Å²) in [6.45, 7) is 0. The van der Waals surface area contributed by atoms with Crippen molar-refractivity contribution in [3.8, 4) is 21.8 Å². The zero-order valence-corrected chi connectivity index (χ0v) is 18.3. The minimum Gasteiger partial charge on any atom is -0.383 e. The third-order valence-electron chi connectivity index (χ3n) is 6.22. The normalized spacial score (nSPS) is 16.0. The van der Waals surface area contributed by atoms with Gasteiger partial charge < -0.3 is 11.1 Å². The van der Waals surface area contributed by atoms with E-state index in [1.54, 1.807) is 23.7 Å². The van der Waals surface area contributed by atoms with Crippen molar-refractivity contribution >= 4 is 33.6 Å². The molecule has 3 N–H and O–H groups in total. The van der Waals surface area contributed by atoms with E-state index in [-0.39, 0.29) is 5.82 Å². The molecule has 0 aliphatic heterocycles. The second-order valence-corrected chi connectivity index (χ2v) is 9.18. The van der Waals surface area contributed by atoms with Crippen molar-refractivity contribution in [1.29, 1.82) is 0 Å². The molecule has 1 aromatic carbocycles. The zero-order chi connectivity index (χ0) is 21.8. The Morgan fingerprint density at radius 1 is 1.16 bits per heavy atom. The molecule has 0 amide bonds. The molecule has 0 fully saturated rings. The quantitative estimate of drug-likeness (QED) is 0.410. The highest BCUT2D eigenvalue weighted by Gasteiger charge is 2.24. The summed E-state index contributed by atoms with van der Waals surface area (Å²) in [6, 6.07) is 9.29. The molecule has 0 bridgehead atoms. The summed E-state index contributed by atoms with van der Waals surface area (Å²) >= 11 is 1.75. The van der Waals surface area contributed by atoms with E-state index in [1.807, 2.05) is 29.8 Å². The molecule has 8 heteroatoms. The van der Waals surface area contributed by atoms with Crippen LogP contribution in [0.1, 0.15) is 29.5 Å². The number of rotatable bonds is 3. The van der Waals surface area contributed by atoms with E-state index in [1.165, 1.54) is 29.1 Å². The lowest BCUT2D eigenvalue weighted by Crippen LogP contribution is -2.21. The fraction of sp³-hybridized carbons (Fsp3) is 0.208. The van der Waals surface area contributed by atoms with Gasteiger partial charge in [-0.25, -0.2) is 19.3 Å². The van der Waals surface area contributed by atoms with Crippen LogP contribution in [-0.2, 0) is 6.42 Å². The molecule has 1 atom stereocenters. The Balaban J connectivity index is 1.49. The number of fused-ring (bicyclic) bond motifs is 3. The summed E-state index contributed by atoms with van der Waals surface area (Å²) in [7, 11) is 2.00. The Morgan fingerprint density at radius 3 is 2.94 bits per heavy atom. The number of anilines is 1. The lowest BCUT2D eigenvalue weighted by atomic mass is 9.98. The van der Waals surface area contributed by atoms with Crippen LogP contribution in [0.5, 0.6) is 0 Å². The monoisotopic (exact) mass is 444 g/mol. The van der Waals surface area contributed by atoms with Crippen LogP contribution in [0, 0.1) is 5.82 Å². The van der Waals surface area contributed by atoms with Crippen molar-refractivity contribution in [2.24, 2.45) is 0 Å². The van der Waals surface area contributed by atoms with Crippen LogP contribution >= 0.6 is 11.3 Å². The van der Waals surface area contributed by atoms with Crippen molar-refractivity contribution in [3.05, 3.63) is 65.3 Å². The van der Waals surface area contributed by atoms with Crippen molar-refractivity contribution in [2.75, 3.05) is 12.8 Å². The number of nitrogens with one attached hydrogen (secondary N) is 1. The minimum atomic E-state index is -0.307. The molecule has 0 radical (unpaired) electrons. The Morgan fingerprint density at radius 2 is 2.06 bits per heavy atom. The largest absolute Gasteiger partial charge is 0.383 e. The third-order valence-corrected chi connectivity index (χ3v) is 7.39. The molecule has 6 nitrogen and oxygen atoms in total. The van der Waals surface area contributed by atoms with Crippen molar-refractivity contribution in [1.82, 2.24) is 24.7 Å². The summed E-state index contributed by atoms with van der Waals surface area (Å²) in [5, 5.41) is 6.26. The Labute approximate surface area is 188 Å². The van der Waals surface area contributed by atoms with E-state index in [9.17, 15) is 4.39 Å². The van der Waals surface area contributed by atoms with Crippen molar-refractivity contribution in [2.45, 2.75) is 25.3 Å². The van der Waals surface area contributed by atoms with Crippen LogP contribution in [0.15, 0.2) is 48.9 Å². The number of aryl methyl sites for hydroxylation is 1. The van der Waals surface area contributed by atoms with E-state index >= 15 is 0 Å². The van der Waals surface area contributed by atoms with Crippen molar-refractivity contribution < 1.29 is 4.39 Å². The molecular weight excluding hydrogens is 423 g/mol. The molecule has 5 aromatic rings. The average Bonchev–Trinajstić information content (AvgIpc) is 3.43. The number of nitrogens with zero attached hydrogens (tertiary/aromatic N) is 4. The topological polar surface area (TPSA) is 81.1 Å². The second-order valence-electron chi connectivity index (χ2n) is 8.10. The van der Waals surface area contributed by atoms with Gasteiger partial charge in [0.1, 0.15) is 22.3 Å². The number of nitrogen functional groups attached to an aromatic ring is 1. The van der Waals surface area contributed by atoms with Crippen LogP contribution in [-0.4, -0.2) is 26.4 Å². The van der Waals surface area contributed by atoms with Crippen LogP contribution in [0.4, 0.5) is 10.2 Å². The summed E-state index contributed by atoms with van der Waals surface area (Å²) in [4.78, 5) is 15.2. The highest BCUT2D eigenvalue weighted by Crippen LogP contribution is 2.40. The predicted molar refractivity (Wildman–Crippen MR) is 126 cm³/mol. The van der Waals surface area contributed by atoms with E-state index < -0.39 is 0 Å². The number of pyridine rings is 2. The summed E-state index contributed by atoms with van der Waals surface area (Å²) in [6.07, 6.45) is 8.62. The summed E-state index contributed by atoms with van der Waals surface area (Å²) in [5.74, 6) is 0.165. The van der Waals surface area contributed by atoms with Gasteiger partial charge >= 0.3 is 0 Å². The average molecular weight is 445 g/mol. The molecule has 0 unspecified atom stereocenters. The van der Waals surface area contributed by atoms with E-state index in [0.717, 1.165) is 45.4 Å². The van der Waals surface area contributed by atoms with Crippen LogP contribution in [0.3, 0.4) is 0 Å². The van der Waals surface area contributed by atoms with Gasteiger partial charge in [0.15, 0.2) is 0 Å². The number of thiazole rings is 1. The highest BCUT2D eigenvalue weighted by molar-refractivity contribution is 7.15. The standard InChI is InChI=1S/C24H21FN6S/c1-27-18-3-2-4-20-22(18)30-24(32-20)17-11-29-23(26)16-9-13(5-6-15(16)17)19-12-28-21-10-14(25)7-8-31(19)21/h5-12,18,27H,2-4H2,1H3,(H2,26,29)/t18-/m1/s1. The number of halogens is 1. The van der Waals surface area contributed by atoms with Gasteiger partial charge in [-0.1, -0.05) is 12.1 Å². The maximum absolute atomic E-state index is 13.6. The zero-order valence-electron chi connectivity index (χ0n) is 17.5. The molecule has 160 valence electrons. The van der Waals surface area contributed by atoms with Gasteiger partial charge in [0, 0.05) is 39.9 Å². The van der Waals surface area contributed by atoms with Gasteiger partial charge in [-0.2, -0.15) is 0 Å². The lowest BCUT2D eigenvalue weighted by Gasteiger charge is -2.19. The Kier molecular flexibility index (Phi) is 4.44. The number of benzene rings is 1. The van der Waals surface area contributed by atoms with E-state index in [4.69, 9.17) is 10.7 Å². The molecule has 1 aliphatic carbocycles. The van der Waals surface area contributed by atoms with Gasteiger partial charge in [-0.15, -0.1) is 11.3 Å². The first-order valence-electron chi connectivity index (χ1n) is 10.6. The first-order valence-corrected chi connectivity index (χ1v) is 11.4. The molecule has 0 saturated heterocycles. The van der Waals surface area contributed by atoms with Crippen molar-refractivity contribution in [3.63, 3.8) is 0 Å². The fourth-order valence-corrected chi connectivity index (χ4v) is 5.77. The van der Waals surface area contributed by atoms with E-state index in [2.05, 4.69) is 21.4 Å². The Bertz CT molecular complexity index is 1490. The first kappa shape index (κ1) is 19.3.